The van der Waals surface area contributed by atoms with Crippen LogP contribution in [0.2, 0.25) is 0 Å². The molecule has 14 heavy (non-hydrogen) atoms. The van der Waals surface area contributed by atoms with Crippen molar-refractivity contribution in [3.8, 4) is 0 Å². The molecule has 0 aliphatic heterocycles. The van der Waals surface area contributed by atoms with Crippen molar-refractivity contribution in [2.75, 3.05) is 12.4 Å². The number of hydrogen-bond acceptors (Lipinski definition) is 4. The largest absolute Gasteiger partial charge is 0.387 e. The van der Waals surface area contributed by atoms with Crippen LogP contribution in [0.3, 0.4) is 0 Å². The van der Waals surface area contributed by atoms with E-state index in [1.165, 1.54) is 0 Å². The smallest absolute Gasteiger partial charge is 0.184 e. The molecule has 0 radical (unpaired) electrons. The zero-order valence-corrected chi connectivity index (χ0v) is 8.51. The second-order valence-electron chi connectivity index (χ2n) is 2.46. The first-order valence-electron chi connectivity index (χ1n) is 3.94. The molecule has 0 aliphatic carbocycles. The molecule has 0 aromatic carbocycles. The van der Waals surface area contributed by atoms with Gasteiger partial charge in [0, 0.05) is 7.05 Å². The average molecular weight is 209 g/mol. The maximum Gasteiger partial charge on any atom is 0.184 e. The van der Waals surface area contributed by atoms with Crippen molar-refractivity contribution in [3.05, 3.63) is 24.0 Å². The van der Waals surface area contributed by atoms with Gasteiger partial charge in [-0.3, -0.25) is 10.4 Å². The highest BCUT2D eigenvalue weighted by atomic mass is 32.1. The van der Waals surface area contributed by atoms with Crippen molar-refractivity contribution >= 4 is 29.2 Å². The number of thiocarbonyl (C=S) groups is 1. The molecule has 0 unspecified atom stereocenters. The van der Waals surface area contributed by atoms with Gasteiger partial charge < -0.3 is 11.1 Å². The number of hydrogen-bond donors (Lipinski definition) is 3. The van der Waals surface area contributed by atoms with Gasteiger partial charge in [-0.15, -0.1) is 0 Å². The molecular formula is C8H11N5S. The Hall–Kier alpha value is -1.69. The van der Waals surface area contributed by atoms with E-state index in [2.05, 4.69) is 33.0 Å². The Kier molecular flexibility index (Phi) is 3.81. The summed E-state index contributed by atoms with van der Waals surface area (Å²) in [5.41, 5.74) is 9.30. The number of aromatic nitrogens is 1. The third kappa shape index (κ3) is 3.36. The van der Waals surface area contributed by atoms with Crippen LogP contribution in [0.15, 0.2) is 23.4 Å². The SMILES string of the molecule is CNc1ccc(/C=N\NC(N)=S)nc1. The van der Waals surface area contributed by atoms with Gasteiger partial charge in [-0.25, -0.2) is 0 Å². The van der Waals surface area contributed by atoms with Crippen molar-refractivity contribution in [1.29, 1.82) is 0 Å². The maximum absolute atomic E-state index is 5.18. The lowest BCUT2D eigenvalue weighted by molar-refractivity contribution is 1.04. The molecule has 0 amide bonds. The van der Waals surface area contributed by atoms with Crippen LogP contribution in [-0.2, 0) is 0 Å². The minimum Gasteiger partial charge on any atom is -0.387 e. The third-order valence-corrected chi connectivity index (χ3v) is 1.54. The molecule has 0 saturated carbocycles. The van der Waals surface area contributed by atoms with Crippen LogP contribution in [-0.4, -0.2) is 23.4 Å². The monoisotopic (exact) mass is 209 g/mol. The molecule has 5 nitrogen and oxygen atoms in total. The Labute approximate surface area is 87.4 Å². The molecule has 0 aliphatic rings. The summed E-state index contributed by atoms with van der Waals surface area (Å²) in [6, 6.07) is 3.73. The van der Waals surface area contributed by atoms with E-state index < -0.39 is 0 Å². The Morgan fingerprint density at radius 2 is 2.43 bits per heavy atom. The van der Waals surface area contributed by atoms with E-state index in [4.69, 9.17) is 5.73 Å². The van der Waals surface area contributed by atoms with Crippen LogP contribution in [0.5, 0.6) is 0 Å². The molecule has 4 N–H and O–H groups in total. The van der Waals surface area contributed by atoms with E-state index in [1.54, 1.807) is 12.4 Å². The van der Waals surface area contributed by atoms with Crippen molar-refractivity contribution < 1.29 is 0 Å². The van der Waals surface area contributed by atoms with Gasteiger partial charge in [-0.05, 0) is 24.4 Å². The summed E-state index contributed by atoms with van der Waals surface area (Å²) in [6.45, 7) is 0. The maximum atomic E-state index is 5.18. The number of nitrogens with two attached hydrogens (primary N) is 1. The van der Waals surface area contributed by atoms with E-state index in [9.17, 15) is 0 Å². The van der Waals surface area contributed by atoms with Gasteiger partial charge in [-0.2, -0.15) is 5.10 Å². The molecule has 74 valence electrons. The molecule has 6 heteroatoms. The second-order valence-corrected chi connectivity index (χ2v) is 2.90. The third-order valence-electron chi connectivity index (χ3n) is 1.45. The zero-order chi connectivity index (χ0) is 10.4. The van der Waals surface area contributed by atoms with Gasteiger partial charge >= 0.3 is 0 Å². The first kappa shape index (κ1) is 10.4. The van der Waals surface area contributed by atoms with Gasteiger partial charge in [0.1, 0.15) is 0 Å². The summed E-state index contributed by atoms with van der Waals surface area (Å²) in [5, 5.41) is 6.87. The van der Waals surface area contributed by atoms with E-state index >= 15 is 0 Å². The van der Waals surface area contributed by atoms with Gasteiger partial charge in [0.15, 0.2) is 5.11 Å². The highest BCUT2D eigenvalue weighted by Gasteiger charge is 1.90. The number of pyridine rings is 1. The molecule has 0 atom stereocenters. The predicted octanol–water partition coefficient (Wildman–Crippen LogP) is 0.290. The molecule has 1 aromatic heterocycles. The number of rotatable bonds is 3. The van der Waals surface area contributed by atoms with Crippen LogP contribution in [0.1, 0.15) is 5.69 Å². The zero-order valence-electron chi connectivity index (χ0n) is 7.69. The lowest BCUT2D eigenvalue weighted by Gasteiger charge is -1.98. The van der Waals surface area contributed by atoms with Crippen LogP contribution >= 0.6 is 12.2 Å². The lowest BCUT2D eigenvalue weighted by atomic mass is 10.3. The van der Waals surface area contributed by atoms with Gasteiger partial charge in [0.25, 0.3) is 0 Å². The molecule has 0 fully saturated rings. The van der Waals surface area contributed by atoms with E-state index in [1.807, 2.05) is 19.2 Å². The molecule has 0 saturated heterocycles. The second kappa shape index (κ2) is 5.13. The van der Waals surface area contributed by atoms with Crippen LogP contribution in [0, 0.1) is 0 Å². The molecular weight excluding hydrogens is 198 g/mol. The van der Waals surface area contributed by atoms with Crippen LogP contribution in [0.25, 0.3) is 0 Å². The minimum absolute atomic E-state index is 0.132. The summed E-state index contributed by atoms with van der Waals surface area (Å²) in [7, 11) is 1.83. The minimum atomic E-state index is 0.132. The number of hydrazone groups is 1. The number of nitrogens with one attached hydrogen (secondary N) is 2. The number of nitrogens with zero attached hydrogens (tertiary/aromatic N) is 2. The van der Waals surface area contributed by atoms with Gasteiger partial charge in [0.2, 0.25) is 0 Å². The Bertz CT molecular complexity index is 332. The fourth-order valence-corrected chi connectivity index (χ4v) is 0.844. The van der Waals surface area contributed by atoms with Crippen molar-refractivity contribution in [1.82, 2.24) is 10.4 Å². The summed E-state index contributed by atoms with van der Waals surface area (Å²) in [4.78, 5) is 4.11. The van der Waals surface area contributed by atoms with E-state index in [0.29, 0.717) is 0 Å². The molecule has 1 rings (SSSR count). The molecule has 1 aromatic rings. The van der Waals surface area contributed by atoms with E-state index in [0.717, 1.165) is 11.4 Å². The Morgan fingerprint density at radius 3 is 2.93 bits per heavy atom. The first-order valence-corrected chi connectivity index (χ1v) is 4.35. The quantitative estimate of drug-likeness (QED) is 0.379. The van der Waals surface area contributed by atoms with Crippen molar-refractivity contribution in [2.45, 2.75) is 0 Å². The first-order chi connectivity index (χ1) is 6.72. The van der Waals surface area contributed by atoms with Crippen LogP contribution in [0.4, 0.5) is 5.69 Å². The molecule has 1 heterocycles. The highest BCUT2D eigenvalue weighted by molar-refractivity contribution is 7.80. The normalized spacial score (nSPS) is 10.1. The summed E-state index contributed by atoms with van der Waals surface area (Å²) in [5.74, 6) is 0. The average Bonchev–Trinajstić information content (AvgIpc) is 2.18. The summed E-state index contributed by atoms with van der Waals surface area (Å²) in [6.07, 6.45) is 3.25. The Morgan fingerprint density at radius 1 is 1.64 bits per heavy atom. The van der Waals surface area contributed by atoms with Crippen LogP contribution < -0.4 is 16.5 Å². The summed E-state index contributed by atoms with van der Waals surface area (Å²) >= 11 is 4.57. The number of anilines is 1. The topological polar surface area (TPSA) is 75.3 Å². The van der Waals surface area contributed by atoms with Gasteiger partial charge in [0.05, 0.1) is 23.8 Å². The standard InChI is InChI=1S/C8H11N5S/c1-10-6-2-3-7(11-4-6)5-12-13-8(9)14/h2-5,10H,1H3,(H3,9,13,14)/b12-5-. The highest BCUT2D eigenvalue weighted by Crippen LogP contribution is 2.02. The molecule has 0 spiro atoms. The Balaban J connectivity index is 2.59. The van der Waals surface area contributed by atoms with Gasteiger partial charge in [-0.1, -0.05) is 0 Å². The fourth-order valence-electron chi connectivity index (χ4n) is 0.792. The molecule has 0 bridgehead atoms. The van der Waals surface area contributed by atoms with Crippen molar-refractivity contribution in [2.24, 2.45) is 10.8 Å². The predicted molar refractivity (Wildman–Crippen MR) is 61.3 cm³/mol. The lowest BCUT2D eigenvalue weighted by Crippen LogP contribution is -2.24. The van der Waals surface area contributed by atoms with Crippen molar-refractivity contribution in [3.63, 3.8) is 0 Å². The van der Waals surface area contributed by atoms with E-state index in [-0.39, 0.29) is 5.11 Å². The fraction of sp³-hybridized carbons (Fsp3) is 0.125. The summed E-state index contributed by atoms with van der Waals surface area (Å²) < 4.78 is 0.